The summed E-state index contributed by atoms with van der Waals surface area (Å²) in [6, 6.07) is 14.5. The first-order valence-electron chi connectivity index (χ1n) is 11.5. The van der Waals surface area contributed by atoms with E-state index in [2.05, 4.69) is 5.32 Å². The Morgan fingerprint density at radius 1 is 1.11 bits per heavy atom. The van der Waals surface area contributed by atoms with E-state index < -0.39 is 17.7 Å². The Labute approximate surface area is 205 Å². The SMILES string of the molecule is CCOC(=O)c1c(N=c2oc3ccccc3cc2C(=O)Nc2ccc(F)cc2)sc2c1CCCC2. The van der Waals surface area contributed by atoms with Crippen molar-refractivity contribution in [2.75, 3.05) is 11.9 Å². The molecule has 4 aromatic rings. The second kappa shape index (κ2) is 9.84. The van der Waals surface area contributed by atoms with Crippen LogP contribution in [-0.2, 0) is 17.6 Å². The number of anilines is 1. The van der Waals surface area contributed by atoms with Gasteiger partial charge in [-0.15, -0.1) is 11.3 Å². The first-order chi connectivity index (χ1) is 17.0. The highest BCUT2D eigenvalue weighted by Crippen LogP contribution is 2.40. The molecule has 2 aromatic carbocycles. The van der Waals surface area contributed by atoms with Gasteiger partial charge in [-0.2, -0.15) is 0 Å². The lowest BCUT2D eigenvalue weighted by Crippen LogP contribution is -2.21. The van der Waals surface area contributed by atoms with E-state index in [1.807, 2.05) is 18.2 Å². The molecule has 0 aliphatic heterocycles. The summed E-state index contributed by atoms with van der Waals surface area (Å²) in [6.07, 6.45) is 3.74. The number of carbonyl (C=O) groups excluding carboxylic acids is 2. The van der Waals surface area contributed by atoms with Gasteiger partial charge in [0.2, 0.25) is 5.55 Å². The summed E-state index contributed by atoms with van der Waals surface area (Å²) in [7, 11) is 0. The molecule has 0 bridgehead atoms. The van der Waals surface area contributed by atoms with Gasteiger partial charge in [0.25, 0.3) is 5.91 Å². The van der Waals surface area contributed by atoms with Crippen molar-refractivity contribution in [3.8, 4) is 0 Å². The van der Waals surface area contributed by atoms with Crippen molar-refractivity contribution in [3.05, 3.63) is 87.5 Å². The largest absolute Gasteiger partial charge is 0.462 e. The third-order valence-electron chi connectivity index (χ3n) is 5.84. The van der Waals surface area contributed by atoms with Crippen LogP contribution in [0.25, 0.3) is 11.0 Å². The summed E-state index contributed by atoms with van der Waals surface area (Å²) in [5, 5.41) is 3.97. The van der Waals surface area contributed by atoms with Crippen molar-refractivity contribution in [2.45, 2.75) is 32.6 Å². The number of carbonyl (C=O) groups is 2. The molecule has 0 fully saturated rings. The van der Waals surface area contributed by atoms with Crippen molar-refractivity contribution in [3.63, 3.8) is 0 Å². The van der Waals surface area contributed by atoms with Crippen molar-refractivity contribution in [2.24, 2.45) is 4.99 Å². The minimum absolute atomic E-state index is 0.0902. The van der Waals surface area contributed by atoms with Crippen molar-refractivity contribution < 1.29 is 23.1 Å². The van der Waals surface area contributed by atoms with E-state index in [0.717, 1.165) is 41.5 Å². The maximum atomic E-state index is 13.3. The van der Waals surface area contributed by atoms with E-state index in [1.54, 1.807) is 19.1 Å². The highest BCUT2D eigenvalue weighted by molar-refractivity contribution is 7.16. The highest BCUT2D eigenvalue weighted by atomic mass is 32.1. The van der Waals surface area contributed by atoms with E-state index >= 15 is 0 Å². The van der Waals surface area contributed by atoms with E-state index in [1.165, 1.54) is 35.6 Å². The van der Waals surface area contributed by atoms with Crippen molar-refractivity contribution in [1.29, 1.82) is 0 Å². The molecule has 1 aliphatic rings. The van der Waals surface area contributed by atoms with Crippen LogP contribution in [-0.4, -0.2) is 18.5 Å². The van der Waals surface area contributed by atoms with Crippen LogP contribution < -0.4 is 10.9 Å². The third-order valence-corrected chi connectivity index (χ3v) is 7.02. The predicted molar refractivity (Wildman–Crippen MR) is 133 cm³/mol. The number of amides is 1. The molecule has 1 amide bonds. The minimum atomic E-state index is -0.455. The second-order valence-corrected chi connectivity index (χ2v) is 9.27. The Kier molecular flexibility index (Phi) is 6.46. The van der Waals surface area contributed by atoms with Gasteiger partial charge in [0.1, 0.15) is 22.0 Å². The molecule has 6 nitrogen and oxygen atoms in total. The molecule has 178 valence electrons. The number of esters is 1. The molecule has 2 aromatic heterocycles. The van der Waals surface area contributed by atoms with Crippen molar-refractivity contribution in [1.82, 2.24) is 0 Å². The van der Waals surface area contributed by atoms with E-state index in [-0.39, 0.29) is 17.7 Å². The fourth-order valence-electron chi connectivity index (χ4n) is 4.18. The lowest BCUT2D eigenvalue weighted by Gasteiger charge is -2.11. The number of thiophene rings is 1. The van der Waals surface area contributed by atoms with Gasteiger partial charge in [0.15, 0.2) is 0 Å². The Bertz CT molecular complexity index is 1490. The Morgan fingerprint density at radius 2 is 1.89 bits per heavy atom. The molecule has 8 heteroatoms. The van der Waals surface area contributed by atoms with E-state index in [0.29, 0.717) is 21.8 Å². The number of hydrogen-bond donors (Lipinski definition) is 1. The lowest BCUT2D eigenvalue weighted by atomic mass is 9.95. The Balaban J connectivity index is 1.66. The van der Waals surface area contributed by atoms with Gasteiger partial charge in [-0.05, 0) is 74.6 Å². The summed E-state index contributed by atoms with van der Waals surface area (Å²) in [5.41, 5.74) is 2.73. The number of nitrogens with zero attached hydrogens (tertiary/aromatic N) is 1. The zero-order valence-electron chi connectivity index (χ0n) is 19.1. The minimum Gasteiger partial charge on any atom is -0.462 e. The van der Waals surface area contributed by atoms with E-state index in [4.69, 9.17) is 14.1 Å². The highest BCUT2D eigenvalue weighted by Gasteiger charge is 2.27. The molecule has 0 unspecified atom stereocenters. The third kappa shape index (κ3) is 4.74. The number of hydrogen-bond acceptors (Lipinski definition) is 6. The maximum Gasteiger partial charge on any atom is 0.341 e. The number of benzene rings is 2. The summed E-state index contributed by atoms with van der Waals surface area (Å²) < 4.78 is 24.7. The fourth-order valence-corrected chi connectivity index (χ4v) is 5.43. The second-order valence-electron chi connectivity index (χ2n) is 8.19. The molecule has 0 spiro atoms. The standard InChI is InChI=1S/C27H23FN2O4S/c1-2-33-27(32)23-19-8-4-6-10-22(19)35-26(23)30-25-20(15-16-7-3-5-9-21(16)34-25)24(31)29-18-13-11-17(28)12-14-18/h3,5,7,9,11-15H,2,4,6,8,10H2,1H3,(H,29,31). The van der Waals surface area contributed by atoms with Crippen LogP contribution in [0.15, 0.2) is 64.0 Å². The van der Waals surface area contributed by atoms with Crippen LogP contribution in [0.1, 0.15) is 50.9 Å². The van der Waals surface area contributed by atoms with Crippen LogP contribution in [0.5, 0.6) is 0 Å². The summed E-state index contributed by atoms with van der Waals surface area (Å²) in [6.45, 7) is 2.03. The van der Waals surface area contributed by atoms with Gasteiger partial charge < -0.3 is 14.5 Å². The number of nitrogens with one attached hydrogen (secondary N) is 1. The Morgan fingerprint density at radius 3 is 2.69 bits per heavy atom. The van der Waals surface area contributed by atoms with Gasteiger partial charge in [0.05, 0.1) is 12.2 Å². The number of rotatable bonds is 5. The summed E-state index contributed by atoms with van der Waals surface area (Å²) in [5.74, 6) is -1.26. The lowest BCUT2D eigenvalue weighted by molar-refractivity contribution is 0.0526. The van der Waals surface area contributed by atoms with Gasteiger partial charge in [-0.3, -0.25) is 4.79 Å². The van der Waals surface area contributed by atoms with E-state index in [9.17, 15) is 14.0 Å². The predicted octanol–water partition coefficient (Wildman–Crippen LogP) is 6.17. The molecule has 5 rings (SSSR count). The summed E-state index contributed by atoms with van der Waals surface area (Å²) in [4.78, 5) is 32.0. The first-order valence-corrected chi connectivity index (χ1v) is 12.3. The van der Waals surface area contributed by atoms with Crippen LogP contribution in [0.3, 0.4) is 0 Å². The van der Waals surface area contributed by atoms with Gasteiger partial charge in [-0.1, -0.05) is 18.2 Å². The first kappa shape index (κ1) is 23.0. The molecular formula is C27H23FN2O4S. The zero-order chi connectivity index (χ0) is 24.4. The van der Waals surface area contributed by atoms with Crippen molar-refractivity contribution >= 4 is 44.9 Å². The number of ether oxygens (including phenoxy) is 1. The average Bonchev–Trinajstić information content (AvgIpc) is 3.23. The maximum absolute atomic E-state index is 13.3. The van der Waals surface area contributed by atoms with Crippen LogP contribution in [0.4, 0.5) is 15.1 Å². The molecule has 0 atom stereocenters. The molecular weight excluding hydrogens is 467 g/mol. The topological polar surface area (TPSA) is 80.9 Å². The van der Waals surface area contributed by atoms with Gasteiger partial charge in [0, 0.05) is 16.0 Å². The number of fused-ring (bicyclic) bond motifs is 2. The van der Waals surface area contributed by atoms with Crippen LogP contribution in [0, 0.1) is 5.82 Å². The number of para-hydroxylation sites is 1. The molecule has 1 N–H and O–H groups in total. The van der Waals surface area contributed by atoms with Gasteiger partial charge >= 0.3 is 5.97 Å². The van der Waals surface area contributed by atoms with Crippen LogP contribution in [0.2, 0.25) is 0 Å². The fraction of sp³-hybridized carbons (Fsp3) is 0.222. The summed E-state index contributed by atoms with van der Waals surface area (Å²) >= 11 is 1.44. The molecule has 35 heavy (non-hydrogen) atoms. The average molecular weight is 491 g/mol. The zero-order valence-corrected chi connectivity index (χ0v) is 19.9. The quantitative estimate of drug-likeness (QED) is 0.339. The molecule has 0 saturated carbocycles. The monoisotopic (exact) mass is 490 g/mol. The smallest absolute Gasteiger partial charge is 0.341 e. The van der Waals surface area contributed by atoms with Crippen LogP contribution >= 0.6 is 11.3 Å². The Hall–Kier alpha value is -3.78. The normalized spacial score (nSPS) is 13.5. The van der Waals surface area contributed by atoms with Gasteiger partial charge in [-0.25, -0.2) is 14.2 Å². The number of aryl methyl sites for hydroxylation is 1. The number of halogens is 1. The molecule has 0 radical (unpaired) electrons. The molecule has 0 saturated heterocycles. The molecule has 1 aliphatic carbocycles. The molecule has 2 heterocycles.